The third-order valence-corrected chi connectivity index (χ3v) is 6.74. The maximum Gasteiger partial charge on any atom is 0.174 e. The molecule has 172 valence electrons. The monoisotopic (exact) mass is 490 g/mol. The summed E-state index contributed by atoms with van der Waals surface area (Å²) in [6.07, 6.45) is 1.76. The molecule has 0 aliphatic carbocycles. The summed E-state index contributed by atoms with van der Waals surface area (Å²) in [7, 11) is 0. The average molecular weight is 491 g/mol. The Morgan fingerprint density at radius 3 is 2.47 bits per heavy atom. The predicted molar refractivity (Wildman–Crippen MR) is 138 cm³/mol. The number of hydrogen-bond acceptors (Lipinski definition) is 4. The number of pyridine rings is 1. The lowest BCUT2D eigenvalue weighted by Crippen LogP contribution is -2.29. The highest BCUT2D eigenvalue weighted by molar-refractivity contribution is 7.80. The van der Waals surface area contributed by atoms with E-state index in [2.05, 4.69) is 27.9 Å². The zero-order valence-corrected chi connectivity index (χ0v) is 20.2. The van der Waals surface area contributed by atoms with Gasteiger partial charge in [0.2, 0.25) is 0 Å². The van der Waals surface area contributed by atoms with Crippen molar-refractivity contribution < 1.29 is 10.2 Å². The summed E-state index contributed by atoms with van der Waals surface area (Å²) in [6.45, 7) is 4.10. The quantitative estimate of drug-likeness (QED) is 0.317. The summed E-state index contributed by atoms with van der Waals surface area (Å²) >= 11 is 12.1. The van der Waals surface area contributed by atoms with Gasteiger partial charge in [0, 0.05) is 28.3 Å². The van der Waals surface area contributed by atoms with Gasteiger partial charge in [-0.3, -0.25) is 4.98 Å². The van der Waals surface area contributed by atoms with Gasteiger partial charge in [0.25, 0.3) is 0 Å². The molecule has 4 aromatic rings. The molecule has 8 heteroatoms. The van der Waals surface area contributed by atoms with E-state index in [0.29, 0.717) is 15.8 Å². The molecule has 1 aliphatic rings. The van der Waals surface area contributed by atoms with Crippen LogP contribution in [0.15, 0.2) is 72.9 Å². The minimum atomic E-state index is -0.288. The highest BCUT2D eigenvalue weighted by atomic mass is 35.5. The first-order valence-corrected chi connectivity index (χ1v) is 11.6. The van der Waals surface area contributed by atoms with E-state index in [1.807, 2.05) is 42.2 Å². The van der Waals surface area contributed by atoms with E-state index in [1.54, 1.807) is 36.5 Å². The molecule has 3 N–H and O–H groups in total. The van der Waals surface area contributed by atoms with Gasteiger partial charge in [-0.1, -0.05) is 17.7 Å². The predicted octanol–water partition coefficient (Wildman–Crippen LogP) is 5.73. The summed E-state index contributed by atoms with van der Waals surface area (Å²) in [4.78, 5) is 6.51. The second-order valence-corrected chi connectivity index (χ2v) is 9.13. The molecule has 3 heterocycles. The number of nitrogens with one attached hydrogen (secondary N) is 1. The fourth-order valence-corrected chi connectivity index (χ4v) is 5.21. The van der Waals surface area contributed by atoms with E-state index in [9.17, 15) is 10.2 Å². The van der Waals surface area contributed by atoms with Crippen LogP contribution in [0.3, 0.4) is 0 Å². The summed E-state index contributed by atoms with van der Waals surface area (Å²) in [5, 5.41) is 24.9. The Hall–Kier alpha value is -3.55. The summed E-state index contributed by atoms with van der Waals surface area (Å²) < 4.78 is 2.14. The highest BCUT2D eigenvalue weighted by Gasteiger charge is 2.43. The van der Waals surface area contributed by atoms with Gasteiger partial charge in [-0.05, 0) is 92.3 Å². The molecule has 0 saturated carbocycles. The van der Waals surface area contributed by atoms with Crippen LogP contribution >= 0.6 is 23.8 Å². The van der Waals surface area contributed by atoms with Crippen molar-refractivity contribution in [2.24, 2.45) is 0 Å². The molecule has 2 aromatic heterocycles. The maximum absolute atomic E-state index is 10.7. The smallest absolute Gasteiger partial charge is 0.174 e. The van der Waals surface area contributed by atoms with Crippen LogP contribution in [0.25, 0.3) is 5.69 Å². The molecule has 2 atom stereocenters. The molecular weight excluding hydrogens is 468 g/mol. The molecule has 1 fully saturated rings. The fraction of sp³-hybridized carbons (Fsp3) is 0.154. The van der Waals surface area contributed by atoms with Crippen LogP contribution in [0, 0.1) is 13.8 Å². The largest absolute Gasteiger partial charge is 0.508 e. The molecule has 0 unspecified atom stereocenters. The van der Waals surface area contributed by atoms with Crippen molar-refractivity contribution in [2.75, 3.05) is 4.90 Å². The van der Waals surface area contributed by atoms with E-state index < -0.39 is 0 Å². The van der Waals surface area contributed by atoms with Crippen molar-refractivity contribution >= 4 is 34.6 Å². The zero-order valence-electron chi connectivity index (χ0n) is 18.6. The number of aromatic hydroxyl groups is 2. The lowest BCUT2D eigenvalue weighted by Gasteiger charge is -2.28. The van der Waals surface area contributed by atoms with E-state index in [-0.39, 0.29) is 23.6 Å². The Bertz CT molecular complexity index is 1370. The standard InChI is InChI=1S/C26H23ClN4O2S/c1-15-13-20(16(2)30(15)18-7-9-19(32)10-8-18)25-24(21-5-3-4-12-28-21)29-26(34)31(25)22-14-17(27)6-11-23(22)33/h3-14,24-25,32-33H,1-2H3,(H,29,34)/t24-,25-/m0/s1. The Kier molecular flexibility index (Phi) is 5.67. The van der Waals surface area contributed by atoms with Crippen LogP contribution in [-0.4, -0.2) is 24.9 Å². The van der Waals surface area contributed by atoms with Crippen molar-refractivity contribution in [1.82, 2.24) is 14.9 Å². The molecule has 0 amide bonds. The van der Waals surface area contributed by atoms with Crippen molar-refractivity contribution in [3.63, 3.8) is 0 Å². The van der Waals surface area contributed by atoms with Crippen LogP contribution in [0.4, 0.5) is 5.69 Å². The van der Waals surface area contributed by atoms with Gasteiger partial charge in [-0.25, -0.2) is 0 Å². The first-order chi connectivity index (χ1) is 16.3. The van der Waals surface area contributed by atoms with Crippen LogP contribution in [0.5, 0.6) is 11.5 Å². The number of anilines is 1. The topological polar surface area (TPSA) is 73.5 Å². The minimum absolute atomic E-state index is 0.0903. The molecule has 1 saturated heterocycles. The first-order valence-electron chi connectivity index (χ1n) is 10.8. The fourth-order valence-electron chi connectivity index (χ4n) is 4.71. The number of phenolic OH excluding ortho intramolecular Hbond substituents is 2. The molecule has 34 heavy (non-hydrogen) atoms. The molecule has 0 radical (unpaired) electrons. The number of halogens is 1. The van der Waals surface area contributed by atoms with E-state index >= 15 is 0 Å². The summed E-state index contributed by atoms with van der Waals surface area (Å²) in [5.41, 5.74) is 5.40. The second-order valence-electron chi connectivity index (χ2n) is 8.31. The number of hydrogen-bond donors (Lipinski definition) is 3. The van der Waals surface area contributed by atoms with Crippen molar-refractivity contribution in [3.05, 3.63) is 101 Å². The minimum Gasteiger partial charge on any atom is -0.508 e. The normalized spacial score (nSPS) is 17.7. The van der Waals surface area contributed by atoms with E-state index in [0.717, 1.165) is 28.3 Å². The first kappa shape index (κ1) is 22.3. The molecule has 1 aliphatic heterocycles. The second kappa shape index (κ2) is 8.66. The van der Waals surface area contributed by atoms with E-state index in [4.69, 9.17) is 23.8 Å². The highest BCUT2D eigenvalue weighted by Crippen LogP contribution is 2.46. The Morgan fingerprint density at radius 1 is 1.00 bits per heavy atom. The number of rotatable bonds is 4. The number of phenols is 2. The summed E-state index contributed by atoms with van der Waals surface area (Å²) in [5.74, 6) is 0.308. The van der Waals surface area contributed by atoms with Crippen LogP contribution < -0.4 is 10.2 Å². The van der Waals surface area contributed by atoms with Gasteiger partial charge in [0.1, 0.15) is 11.5 Å². The van der Waals surface area contributed by atoms with Crippen LogP contribution in [0.1, 0.15) is 34.7 Å². The van der Waals surface area contributed by atoms with Crippen LogP contribution in [-0.2, 0) is 0 Å². The Morgan fingerprint density at radius 2 is 1.76 bits per heavy atom. The number of thiocarbonyl (C=S) groups is 1. The number of benzene rings is 2. The zero-order chi connectivity index (χ0) is 24.0. The molecule has 0 bridgehead atoms. The Balaban J connectivity index is 1.70. The average Bonchev–Trinajstić information content (AvgIpc) is 3.32. The molecule has 6 nitrogen and oxygen atoms in total. The van der Waals surface area contributed by atoms with Crippen molar-refractivity contribution in [2.45, 2.75) is 25.9 Å². The van der Waals surface area contributed by atoms with Gasteiger partial charge >= 0.3 is 0 Å². The Labute approximate surface area is 208 Å². The lowest BCUT2D eigenvalue weighted by atomic mass is 9.96. The summed E-state index contributed by atoms with van der Waals surface area (Å²) in [6, 6.07) is 19.4. The number of nitrogens with zero attached hydrogens (tertiary/aromatic N) is 3. The lowest BCUT2D eigenvalue weighted by molar-refractivity contribution is 0.472. The van der Waals surface area contributed by atoms with Gasteiger partial charge in [0.05, 0.1) is 23.5 Å². The third kappa shape index (κ3) is 3.77. The van der Waals surface area contributed by atoms with Crippen LogP contribution in [0.2, 0.25) is 5.02 Å². The van der Waals surface area contributed by atoms with E-state index in [1.165, 1.54) is 0 Å². The maximum atomic E-state index is 10.7. The molecule has 5 rings (SSSR count). The van der Waals surface area contributed by atoms with Crippen molar-refractivity contribution in [3.8, 4) is 17.2 Å². The number of aryl methyl sites for hydroxylation is 1. The molecule has 0 spiro atoms. The van der Waals surface area contributed by atoms with Gasteiger partial charge < -0.3 is 25.0 Å². The SMILES string of the molecule is Cc1cc([C@H]2[C@H](c3ccccn3)NC(=S)N2c2cc(Cl)ccc2O)c(C)n1-c1ccc(O)cc1. The number of aromatic nitrogens is 2. The molecular formula is C26H23ClN4O2S. The third-order valence-electron chi connectivity index (χ3n) is 6.19. The van der Waals surface area contributed by atoms with Crippen molar-refractivity contribution in [1.29, 1.82) is 0 Å². The van der Waals surface area contributed by atoms with Gasteiger partial charge in [-0.2, -0.15) is 0 Å². The molecule has 2 aromatic carbocycles. The van der Waals surface area contributed by atoms with Gasteiger partial charge in [0.15, 0.2) is 5.11 Å². The van der Waals surface area contributed by atoms with Gasteiger partial charge in [-0.15, -0.1) is 0 Å².